The van der Waals surface area contributed by atoms with Crippen LogP contribution in [0, 0.1) is 0 Å². The Morgan fingerprint density at radius 1 is 1.12 bits per heavy atom. The molecule has 0 N–H and O–H groups in total. The van der Waals surface area contributed by atoms with Gasteiger partial charge >= 0.3 is 0 Å². The van der Waals surface area contributed by atoms with Crippen LogP contribution >= 0.6 is 0 Å². The number of para-hydroxylation sites is 1. The molecular weight excluding hydrogens is 214 g/mol. The van der Waals surface area contributed by atoms with Gasteiger partial charge in [0.05, 0.1) is 6.61 Å². The van der Waals surface area contributed by atoms with E-state index in [0.717, 1.165) is 17.7 Å². The maximum atomic E-state index is 5.89. The van der Waals surface area contributed by atoms with Gasteiger partial charge < -0.3 is 9.47 Å². The lowest BCUT2D eigenvalue weighted by molar-refractivity contribution is 0.131. The lowest BCUT2D eigenvalue weighted by Crippen LogP contribution is -2.18. The Morgan fingerprint density at radius 3 is 2.88 bits per heavy atom. The van der Waals surface area contributed by atoms with Crippen molar-refractivity contribution in [3.05, 3.63) is 54.2 Å². The van der Waals surface area contributed by atoms with Crippen LogP contribution in [0.2, 0.25) is 0 Å². The van der Waals surface area contributed by atoms with Crippen LogP contribution in [0.5, 0.6) is 11.6 Å². The van der Waals surface area contributed by atoms with E-state index in [1.165, 1.54) is 0 Å². The molecule has 86 valence electrons. The fourth-order valence-electron chi connectivity index (χ4n) is 1.99. The molecule has 1 aliphatic rings. The molecule has 0 aliphatic carbocycles. The van der Waals surface area contributed by atoms with Gasteiger partial charge in [-0.3, -0.25) is 0 Å². The maximum Gasteiger partial charge on any atom is 0.213 e. The molecule has 0 spiro atoms. The van der Waals surface area contributed by atoms with E-state index in [9.17, 15) is 0 Å². The zero-order valence-electron chi connectivity index (χ0n) is 9.37. The summed E-state index contributed by atoms with van der Waals surface area (Å²) in [6.45, 7) is 0.689. The average Bonchev–Trinajstić information content (AvgIpc) is 2.40. The molecule has 0 fully saturated rings. The molecule has 1 aliphatic heterocycles. The van der Waals surface area contributed by atoms with E-state index in [0.29, 0.717) is 12.5 Å². The number of ether oxygens (including phenoxy) is 2. The first kappa shape index (κ1) is 10.1. The molecule has 1 unspecified atom stereocenters. The van der Waals surface area contributed by atoms with Gasteiger partial charge in [0.25, 0.3) is 0 Å². The van der Waals surface area contributed by atoms with Crippen molar-refractivity contribution < 1.29 is 9.47 Å². The number of hydrogen-bond donors (Lipinski definition) is 0. The third-order valence-corrected chi connectivity index (χ3v) is 2.80. The van der Waals surface area contributed by atoms with E-state index in [1.807, 2.05) is 42.5 Å². The minimum Gasteiger partial charge on any atom is -0.493 e. The minimum atomic E-state index is 0.0369. The topological polar surface area (TPSA) is 31.4 Å². The average molecular weight is 227 g/mol. The Balaban J connectivity index is 1.86. The van der Waals surface area contributed by atoms with E-state index < -0.39 is 0 Å². The SMILES string of the molecule is c1ccc(OC2CCOc3ccccc32)nc1. The van der Waals surface area contributed by atoms with Crippen LogP contribution in [-0.4, -0.2) is 11.6 Å². The number of pyridine rings is 1. The minimum absolute atomic E-state index is 0.0369. The second-order valence-corrected chi connectivity index (χ2v) is 3.95. The number of rotatable bonds is 2. The molecule has 0 radical (unpaired) electrons. The molecule has 3 rings (SSSR count). The second-order valence-electron chi connectivity index (χ2n) is 3.95. The predicted octanol–water partition coefficient (Wildman–Crippen LogP) is 2.98. The molecule has 0 saturated heterocycles. The van der Waals surface area contributed by atoms with Crippen LogP contribution in [0.25, 0.3) is 0 Å². The summed E-state index contributed by atoms with van der Waals surface area (Å²) in [6.07, 6.45) is 2.63. The fraction of sp³-hybridized carbons (Fsp3) is 0.214. The highest BCUT2D eigenvalue weighted by Crippen LogP contribution is 2.34. The van der Waals surface area contributed by atoms with Crippen LogP contribution in [0.4, 0.5) is 0 Å². The highest BCUT2D eigenvalue weighted by molar-refractivity contribution is 5.37. The van der Waals surface area contributed by atoms with Gasteiger partial charge in [-0.15, -0.1) is 0 Å². The standard InChI is InChI=1S/C14H13NO2/c1-2-6-12-11(5-1)13(8-10-16-12)17-14-7-3-4-9-15-14/h1-7,9,13H,8,10H2. The summed E-state index contributed by atoms with van der Waals surface area (Å²) in [5.41, 5.74) is 1.10. The largest absolute Gasteiger partial charge is 0.493 e. The van der Waals surface area contributed by atoms with Gasteiger partial charge in [0.1, 0.15) is 11.9 Å². The Bertz CT molecular complexity index is 499. The van der Waals surface area contributed by atoms with Gasteiger partial charge in [-0.25, -0.2) is 4.98 Å². The van der Waals surface area contributed by atoms with Crippen molar-refractivity contribution in [3.63, 3.8) is 0 Å². The summed E-state index contributed by atoms with van der Waals surface area (Å²) in [5, 5.41) is 0. The molecule has 17 heavy (non-hydrogen) atoms. The van der Waals surface area contributed by atoms with E-state index >= 15 is 0 Å². The quantitative estimate of drug-likeness (QED) is 0.790. The normalized spacial score (nSPS) is 18.0. The van der Waals surface area contributed by atoms with E-state index in [-0.39, 0.29) is 6.10 Å². The zero-order valence-corrected chi connectivity index (χ0v) is 9.37. The lowest BCUT2D eigenvalue weighted by Gasteiger charge is -2.25. The first-order valence-electron chi connectivity index (χ1n) is 5.73. The van der Waals surface area contributed by atoms with Crippen LogP contribution < -0.4 is 9.47 Å². The predicted molar refractivity (Wildman–Crippen MR) is 64.2 cm³/mol. The van der Waals surface area contributed by atoms with Gasteiger partial charge in [-0.2, -0.15) is 0 Å². The monoisotopic (exact) mass is 227 g/mol. The van der Waals surface area contributed by atoms with Crippen LogP contribution in [0.1, 0.15) is 18.1 Å². The molecular formula is C14H13NO2. The highest BCUT2D eigenvalue weighted by atomic mass is 16.5. The molecule has 1 aromatic carbocycles. The summed E-state index contributed by atoms with van der Waals surface area (Å²) >= 11 is 0. The van der Waals surface area contributed by atoms with Crippen molar-refractivity contribution in [1.82, 2.24) is 4.98 Å². The molecule has 0 saturated carbocycles. The first-order chi connectivity index (χ1) is 8.43. The summed E-state index contributed by atoms with van der Waals surface area (Å²) in [5.74, 6) is 1.58. The summed E-state index contributed by atoms with van der Waals surface area (Å²) in [4.78, 5) is 4.18. The van der Waals surface area contributed by atoms with E-state index in [2.05, 4.69) is 4.98 Å². The van der Waals surface area contributed by atoms with Gasteiger partial charge in [0.2, 0.25) is 5.88 Å². The summed E-state index contributed by atoms with van der Waals surface area (Å²) in [6, 6.07) is 13.7. The second kappa shape index (κ2) is 4.45. The molecule has 1 aromatic heterocycles. The molecule has 0 amide bonds. The number of nitrogens with zero attached hydrogens (tertiary/aromatic N) is 1. The van der Waals surface area contributed by atoms with Crippen molar-refractivity contribution >= 4 is 0 Å². The van der Waals surface area contributed by atoms with Crippen LogP contribution in [0.15, 0.2) is 48.7 Å². The van der Waals surface area contributed by atoms with E-state index in [1.54, 1.807) is 6.20 Å². The first-order valence-corrected chi connectivity index (χ1v) is 5.73. The molecule has 2 heterocycles. The third-order valence-electron chi connectivity index (χ3n) is 2.80. The number of aromatic nitrogens is 1. The Morgan fingerprint density at radius 2 is 2.00 bits per heavy atom. The van der Waals surface area contributed by atoms with Gasteiger partial charge in [0, 0.05) is 24.2 Å². The summed E-state index contributed by atoms with van der Waals surface area (Å²) in [7, 11) is 0. The van der Waals surface area contributed by atoms with Gasteiger partial charge in [-0.05, 0) is 12.1 Å². The van der Waals surface area contributed by atoms with Gasteiger partial charge in [-0.1, -0.05) is 24.3 Å². The number of fused-ring (bicyclic) bond motifs is 1. The maximum absolute atomic E-state index is 5.89. The molecule has 3 nitrogen and oxygen atoms in total. The fourth-order valence-corrected chi connectivity index (χ4v) is 1.99. The van der Waals surface area contributed by atoms with Crippen LogP contribution in [0.3, 0.4) is 0 Å². The van der Waals surface area contributed by atoms with Crippen LogP contribution in [-0.2, 0) is 0 Å². The Labute approximate surface area is 100 Å². The molecule has 1 atom stereocenters. The van der Waals surface area contributed by atoms with Crippen molar-refractivity contribution in [2.24, 2.45) is 0 Å². The number of hydrogen-bond acceptors (Lipinski definition) is 3. The smallest absolute Gasteiger partial charge is 0.213 e. The number of benzene rings is 1. The molecule has 2 aromatic rings. The van der Waals surface area contributed by atoms with Crippen molar-refractivity contribution in [3.8, 4) is 11.6 Å². The zero-order chi connectivity index (χ0) is 11.5. The Kier molecular flexibility index (Phi) is 2.66. The van der Waals surface area contributed by atoms with E-state index in [4.69, 9.17) is 9.47 Å². The highest BCUT2D eigenvalue weighted by Gasteiger charge is 2.22. The molecule has 3 heteroatoms. The van der Waals surface area contributed by atoms with Gasteiger partial charge in [0.15, 0.2) is 0 Å². The molecule has 0 bridgehead atoms. The van der Waals surface area contributed by atoms with Crippen molar-refractivity contribution in [2.75, 3.05) is 6.61 Å². The summed E-state index contributed by atoms with van der Waals surface area (Å²) < 4.78 is 11.5. The Hall–Kier alpha value is -2.03. The third kappa shape index (κ3) is 2.09. The van der Waals surface area contributed by atoms with Crippen molar-refractivity contribution in [1.29, 1.82) is 0 Å². The van der Waals surface area contributed by atoms with Crippen molar-refractivity contribution in [2.45, 2.75) is 12.5 Å². The lowest BCUT2D eigenvalue weighted by atomic mass is 10.0.